The number of alkyl halides is 3. The first kappa shape index (κ1) is 21.6. The first-order valence-corrected chi connectivity index (χ1v) is 10.8. The Labute approximate surface area is 173 Å². The highest BCUT2D eigenvalue weighted by Crippen LogP contribution is 2.35. The third kappa shape index (κ3) is 4.57. The second-order valence-corrected chi connectivity index (χ2v) is 8.46. The Kier molecular flexibility index (Phi) is 6.51. The first-order chi connectivity index (χ1) is 13.8. The molecule has 0 fully saturated rings. The molecular formula is C21H25F3N4S. The van der Waals surface area contributed by atoms with E-state index < -0.39 is 11.7 Å². The van der Waals surface area contributed by atoms with E-state index in [1.807, 2.05) is 6.20 Å². The summed E-state index contributed by atoms with van der Waals surface area (Å²) in [7, 11) is 1.75. The van der Waals surface area contributed by atoms with Gasteiger partial charge in [-0.25, -0.2) is 9.97 Å². The minimum atomic E-state index is -4.45. The summed E-state index contributed by atoms with van der Waals surface area (Å²) < 4.78 is 40.8. The molecule has 0 aliphatic rings. The standard InChI is InChI=1S/C21H25F3N4S/c1-5-7-8-13(3)14-9-17(29-6-2)18(25-11-14)20-27-16-10-15(21(22,23)24)12-26-19(16)28(20)4/h9-13H,5-8H2,1-4H3. The fourth-order valence-electron chi connectivity index (χ4n) is 3.28. The van der Waals surface area contributed by atoms with Crippen molar-refractivity contribution in [3.63, 3.8) is 0 Å². The molecule has 8 heteroatoms. The summed E-state index contributed by atoms with van der Waals surface area (Å²) in [6, 6.07) is 3.18. The lowest BCUT2D eigenvalue weighted by atomic mass is 9.97. The highest BCUT2D eigenvalue weighted by molar-refractivity contribution is 7.99. The van der Waals surface area contributed by atoms with E-state index >= 15 is 0 Å². The number of aromatic nitrogens is 4. The van der Waals surface area contributed by atoms with Crippen LogP contribution in [0.15, 0.2) is 29.4 Å². The Morgan fingerprint density at radius 2 is 1.90 bits per heavy atom. The second-order valence-electron chi connectivity index (χ2n) is 7.15. The number of fused-ring (bicyclic) bond motifs is 1. The quantitative estimate of drug-likeness (QED) is 0.410. The maximum atomic E-state index is 13.0. The van der Waals surface area contributed by atoms with Crippen molar-refractivity contribution in [3.05, 3.63) is 35.7 Å². The number of halogens is 3. The van der Waals surface area contributed by atoms with Crippen LogP contribution in [0.5, 0.6) is 0 Å². The zero-order valence-corrected chi connectivity index (χ0v) is 17.9. The van der Waals surface area contributed by atoms with E-state index in [1.165, 1.54) is 5.56 Å². The molecule has 3 heterocycles. The summed E-state index contributed by atoms with van der Waals surface area (Å²) in [5.41, 5.74) is 1.67. The first-order valence-electron chi connectivity index (χ1n) is 9.79. The van der Waals surface area contributed by atoms with Crippen LogP contribution in [0.3, 0.4) is 0 Å². The molecule has 3 rings (SSSR count). The molecule has 0 amide bonds. The van der Waals surface area contributed by atoms with Gasteiger partial charge in [0.05, 0.1) is 5.56 Å². The Balaban J connectivity index is 2.06. The number of rotatable bonds is 7. The summed E-state index contributed by atoms with van der Waals surface area (Å²) in [6.45, 7) is 6.44. The van der Waals surface area contributed by atoms with E-state index in [1.54, 1.807) is 23.4 Å². The van der Waals surface area contributed by atoms with Crippen molar-refractivity contribution in [1.82, 2.24) is 19.5 Å². The molecule has 0 aliphatic heterocycles. The number of thioether (sulfide) groups is 1. The molecule has 0 saturated heterocycles. The molecule has 0 saturated carbocycles. The van der Waals surface area contributed by atoms with Crippen LogP contribution >= 0.6 is 11.8 Å². The molecular weight excluding hydrogens is 397 g/mol. The van der Waals surface area contributed by atoms with Crippen LogP contribution in [0.1, 0.15) is 57.1 Å². The summed E-state index contributed by atoms with van der Waals surface area (Å²) in [6.07, 6.45) is 1.68. The van der Waals surface area contributed by atoms with E-state index in [-0.39, 0.29) is 5.52 Å². The number of hydrogen-bond acceptors (Lipinski definition) is 4. The third-order valence-electron chi connectivity index (χ3n) is 4.98. The maximum Gasteiger partial charge on any atom is 0.417 e. The summed E-state index contributed by atoms with van der Waals surface area (Å²) >= 11 is 1.66. The third-order valence-corrected chi connectivity index (χ3v) is 5.89. The van der Waals surface area contributed by atoms with E-state index in [9.17, 15) is 13.2 Å². The van der Waals surface area contributed by atoms with Gasteiger partial charge in [-0.2, -0.15) is 13.2 Å². The minimum Gasteiger partial charge on any atom is -0.310 e. The SMILES string of the molecule is CCCCC(C)c1cnc(-c2nc3cc(C(F)(F)F)cnc3n2C)c(SCC)c1. The number of aryl methyl sites for hydroxylation is 1. The van der Waals surface area contributed by atoms with Crippen molar-refractivity contribution in [1.29, 1.82) is 0 Å². The van der Waals surface area contributed by atoms with Gasteiger partial charge in [-0.3, -0.25) is 4.98 Å². The average Bonchev–Trinajstić information content (AvgIpc) is 3.01. The van der Waals surface area contributed by atoms with Gasteiger partial charge in [0.1, 0.15) is 11.2 Å². The fraction of sp³-hybridized carbons (Fsp3) is 0.476. The van der Waals surface area contributed by atoms with Crippen molar-refractivity contribution in [2.45, 2.75) is 57.0 Å². The Hall–Kier alpha value is -2.09. The summed E-state index contributed by atoms with van der Waals surface area (Å²) in [5, 5.41) is 0. The Bertz CT molecular complexity index is 997. The monoisotopic (exact) mass is 422 g/mol. The molecule has 29 heavy (non-hydrogen) atoms. The van der Waals surface area contributed by atoms with Gasteiger partial charge >= 0.3 is 6.18 Å². The maximum absolute atomic E-state index is 13.0. The smallest absolute Gasteiger partial charge is 0.310 e. The summed E-state index contributed by atoms with van der Waals surface area (Å²) in [5.74, 6) is 1.79. The van der Waals surface area contributed by atoms with Crippen LogP contribution in [-0.4, -0.2) is 25.3 Å². The van der Waals surface area contributed by atoms with Crippen LogP contribution in [0.25, 0.3) is 22.7 Å². The molecule has 0 aromatic carbocycles. The highest BCUT2D eigenvalue weighted by atomic mass is 32.2. The van der Waals surface area contributed by atoms with Crippen molar-refractivity contribution in [3.8, 4) is 11.5 Å². The van der Waals surface area contributed by atoms with E-state index in [2.05, 4.69) is 41.8 Å². The lowest BCUT2D eigenvalue weighted by Gasteiger charge is -2.14. The van der Waals surface area contributed by atoms with Crippen molar-refractivity contribution in [2.24, 2.45) is 7.05 Å². The molecule has 0 spiro atoms. The van der Waals surface area contributed by atoms with Crippen LogP contribution in [-0.2, 0) is 13.2 Å². The molecule has 0 bridgehead atoms. The van der Waals surface area contributed by atoms with Gasteiger partial charge in [0.2, 0.25) is 0 Å². The Morgan fingerprint density at radius 3 is 2.55 bits per heavy atom. The van der Waals surface area contributed by atoms with Crippen LogP contribution < -0.4 is 0 Å². The zero-order chi connectivity index (χ0) is 21.2. The molecule has 4 nitrogen and oxygen atoms in total. The number of pyridine rings is 2. The predicted molar refractivity (Wildman–Crippen MR) is 111 cm³/mol. The minimum absolute atomic E-state index is 0.215. The van der Waals surface area contributed by atoms with Gasteiger partial charge in [0.25, 0.3) is 0 Å². The van der Waals surface area contributed by atoms with E-state index in [4.69, 9.17) is 0 Å². The number of nitrogens with zero attached hydrogens (tertiary/aromatic N) is 4. The average molecular weight is 423 g/mol. The number of hydrogen-bond donors (Lipinski definition) is 0. The van der Waals surface area contributed by atoms with Crippen LogP contribution in [0, 0.1) is 0 Å². The molecule has 3 aromatic heterocycles. The molecule has 1 atom stereocenters. The van der Waals surface area contributed by atoms with Gasteiger partial charge in [0.15, 0.2) is 11.5 Å². The van der Waals surface area contributed by atoms with Crippen molar-refractivity contribution >= 4 is 22.9 Å². The van der Waals surface area contributed by atoms with Crippen LogP contribution in [0.2, 0.25) is 0 Å². The zero-order valence-electron chi connectivity index (χ0n) is 17.0. The second kappa shape index (κ2) is 8.73. The van der Waals surface area contributed by atoms with Crippen LogP contribution in [0.4, 0.5) is 13.2 Å². The number of unbranched alkanes of at least 4 members (excludes halogenated alkanes) is 1. The number of imidazole rings is 1. The fourth-order valence-corrected chi connectivity index (χ4v) is 4.09. The molecule has 1 unspecified atom stereocenters. The van der Waals surface area contributed by atoms with Crippen molar-refractivity contribution < 1.29 is 13.2 Å². The van der Waals surface area contributed by atoms with Crippen molar-refractivity contribution in [2.75, 3.05) is 5.75 Å². The Morgan fingerprint density at radius 1 is 1.14 bits per heavy atom. The predicted octanol–water partition coefficient (Wildman–Crippen LogP) is 6.45. The lowest BCUT2D eigenvalue weighted by molar-refractivity contribution is -0.137. The highest BCUT2D eigenvalue weighted by Gasteiger charge is 2.32. The van der Waals surface area contributed by atoms with Gasteiger partial charge in [-0.15, -0.1) is 11.8 Å². The molecule has 0 radical (unpaired) electrons. The van der Waals surface area contributed by atoms with Gasteiger partial charge in [-0.1, -0.05) is 33.6 Å². The van der Waals surface area contributed by atoms with Gasteiger partial charge in [0, 0.05) is 24.3 Å². The molecule has 3 aromatic rings. The molecule has 156 valence electrons. The largest absolute Gasteiger partial charge is 0.417 e. The summed E-state index contributed by atoms with van der Waals surface area (Å²) in [4.78, 5) is 14.1. The molecule has 0 aliphatic carbocycles. The van der Waals surface area contributed by atoms with Gasteiger partial charge in [-0.05, 0) is 35.8 Å². The lowest BCUT2D eigenvalue weighted by Crippen LogP contribution is -2.05. The van der Waals surface area contributed by atoms with E-state index in [0.29, 0.717) is 23.1 Å². The topological polar surface area (TPSA) is 43.6 Å². The van der Waals surface area contributed by atoms with E-state index in [0.717, 1.165) is 42.2 Å². The van der Waals surface area contributed by atoms with Gasteiger partial charge < -0.3 is 4.57 Å². The molecule has 0 N–H and O–H groups in total. The normalized spacial score (nSPS) is 13.2.